The van der Waals surface area contributed by atoms with Gasteiger partial charge in [-0.25, -0.2) is 15.8 Å². The zero-order chi connectivity index (χ0) is 14.9. The summed E-state index contributed by atoms with van der Waals surface area (Å²) in [5.74, 6) is 7.34. The molecular formula is C13H24N6O2. The molecule has 118 valence electrons. The van der Waals surface area contributed by atoms with Gasteiger partial charge in [0.05, 0.1) is 13.2 Å². The molecule has 21 heavy (non-hydrogen) atoms. The van der Waals surface area contributed by atoms with E-state index in [4.69, 9.17) is 15.3 Å². The van der Waals surface area contributed by atoms with Crippen LogP contribution in [-0.2, 0) is 16.1 Å². The Balaban J connectivity index is 1.77. The number of nitrogens with two attached hydrogens (primary N) is 1. The third-order valence-corrected chi connectivity index (χ3v) is 3.25. The monoisotopic (exact) mass is 296 g/mol. The molecule has 1 aliphatic heterocycles. The van der Waals surface area contributed by atoms with E-state index in [0.29, 0.717) is 18.2 Å². The molecule has 8 heteroatoms. The largest absolute Gasteiger partial charge is 0.379 e. The van der Waals surface area contributed by atoms with Gasteiger partial charge in [-0.3, -0.25) is 4.90 Å². The molecule has 1 aromatic heterocycles. The Morgan fingerprint density at radius 1 is 1.33 bits per heavy atom. The number of nitrogens with zero attached hydrogens (tertiary/aromatic N) is 3. The van der Waals surface area contributed by atoms with Crippen LogP contribution in [0.3, 0.4) is 0 Å². The molecule has 0 aromatic carbocycles. The van der Waals surface area contributed by atoms with Gasteiger partial charge in [-0.15, -0.1) is 0 Å². The fourth-order valence-electron chi connectivity index (χ4n) is 2.20. The number of methoxy groups -OCH3 is 1. The summed E-state index contributed by atoms with van der Waals surface area (Å²) in [6, 6.07) is 1.79. The lowest BCUT2D eigenvalue weighted by molar-refractivity contribution is 0.0378. The highest BCUT2D eigenvalue weighted by atomic mass is 16.5. The first-order valence-electron chi connectivity index (χ1n) is 7.19. The van der Waals surface area contributed by atoms with Crippen molar-refractivity contribution in [3.63, 3.8) is 0 Å². The first-order valence-corrected chi connectivity index (χ1v) is 7.19. The number of nitrogen functional groups attached to an aromatic ring is 1. The Labute approximate surface area is 125 Å². The highest BCUT2D eigenvalue weighted by Gasteiger charge is 2.09. The first kappa shape index (κ1) is 15.9. The van der Waals surface area contributed by atoms with Gasteiger partial charge in [0.2, 0.25) is 0 Å². The van der Waals surface area contributed by atoms with E-state index < -0.39 is 0 Å². The number of morpholine rings is 1. The molecule has 1 aliphatic rings. The predicted molar refractivity (Wildman–Crippen MR) is 80.9 cm³/mol. The van der Waals surface area contributed by atoms with Crippen molar-refractivity contribution in [1.82, 2.24) is 14.9 Å². The molecule has 1 aromatic rings. The Morgan fingerprint density at radius 2 is 2.10 bits per heavy atom. The van der Waals surface area contributed by atoms with Gasteiger partial charge < -0.3 is 20.2 Å². The van der Waals surface area contributed by atoms with Gasteiger partial charge in [-0.1, -0.05) is 0 Å². The number of nitrogens with one attached hydrogen (secondary N) is 2. The zero-order valence-corrected chi connectivity index (χ0v) is 12.5. The lowest BCUT2D eigenvalue weighted by Crippen LogP contribution is -2.37. The SMILES string of the molecule is COCc1nc(NN)cc(NCCCN2CCOCC2)n1. The van der Waals surface area contributed by atoms with Crippen molar-refractivity contribution in [2.24, 2.45) is 5.84 Å². The van der Waals surface area contributed by atoms with Gasteiger partial charge in [0.25, 0.3) is 0 Å². The van der Waals surface area contributed by atoms with Gasteiger partial charge in [0.15, 0.2) is 5.82 Å². The van der Waals surface area contributed by atoms with Crippen molar-refractivity contribution in [2.45, 2.75) is 13.0 Å². The molecule has 1 saturated heterocycles. The average molecular weight is 296 g/mol. The van der Waals surface area contributed by atoms with Crippen molar-refractivity contribution in [3.05, 3.63) is 11.9 Å². The highest BCUT2D eigenvalue weighted by molar-refractivity contribution is 5.46. The molecule has 0 unspecified atom stereocenters. The minimum Gasteiger partial charge on any atom is -0.379 e. The van der Waals surface area contributed by atoms with Crippen LogP contribution in [0, 0.1) is 0 Å². The highest BCUT2D eigenvalue weighted by Crippen LogP contribution is 2.11. The second-order valence-corrected chi connectivity index (χ2v) is 4.87. The molecule has 0 atom stereocenters. The number of ether oxygens (including phenoxy) is 2. The Morgan fingerprint density at radius 3 is 2.81 bits per heavy atom. The topological polar surface area (TPSA) is 97.6 Å². The van der Waals surface area contributed by atoms with Gasteiger partial charge in [0, 0.05) is 32.8 Å². The summed E-state index contributed by atoms with van der Waals surface area (Å²) in [4.78, 5) is 11.0. The first-order chi connectivity index (χ1) is 10.3. The van der Waals surface area contributed by atoms with Crippen LogP contribution < -0.4 is 16.6 Å². The molecule has 4 N–H and O–H groups in total. The molecular weight excluding hydrogens is 272 g/mol. The minimum atomic E-state index is 0.359. The van der Waals surface area contributed by atoms with E-state index in [-0.39, 0.29) is 0 Å². The van der Waals surface area contributed by atoms with E-state index in [1.165, 1.54) is 0 Å². The quantitative estimate of drug-likeness (QED) is 0.351. The molecule has 0 bridgehead atoms. The Hall–Kier alpha value is -1.48. The van der Waals surface area contributed by atoms with E-state index in [1.54, 1.807) is 13.2 Å². The van der Waals surface area contributed by atoms with Crippen LogP contribution in [0.5, 0.6) is 0 Å². The second kappa shape index (κ2) is 8.73. The molecule has 8 nitrogen and oxygen atoms in total. The third kappa shape index (κ3) is 5.43. The molecule has 0 saturated carbocycles. The minimum absolute atomic E-state index is 0.359. The van der Waals surface area contributed by atoms with E-state index in [0.717, 1.165) is 51.6 Å². The van der Waals surface area contributed by atoms with Crippen LogP contribution in [0.4, 0.5) is 11.6 Å². The zero-order valence-electron chi connectivity index (χ0n) is 12.5. The van der Waals surface area contributed by atoms with E-state index in [1.807, 2.05) is 0 Å². The number of hydrogen-bond donors (Lipinski definition) is 3. The second-order valence-electron chi connectivity index (χ2n) is 4.87. The lowest BCUT2D eigenvalue weighted by atomic mass is 10.3. The van der Waals surface area contributed by atoms with Crippen LogP contribution in [0.2, 0.25) is 0 Å². The van der Waals surface area contributed by atoms with Crippen molar-refractivity contribution in [1.29, 1.82) is 0 Å². The van der Waals surface area contributed by atoms with Crippen molar-refractivity contribution in [3.8, 4) is 0 Å². The molecule has 0 amide bonds. The molecule has 0 aliphatic carbocycles. The Bertz CT molecular complexity index is 425. The number of hydrazine groups is 1. The fraction of sp³-hybridized carbons (Fsp3) is 0.692. The van der Waals surface area contributed by atoms with Crippen molar-refractivity contribution < 1.29 is 9.47 Å². The summed E-state index contributed by atoms with van der Waals surface area (Å²) >= 11 is 0. The predicted octanol–water partition coefficient (Wildman–Crippen LogP) is 0.0428. The standard InChI is InChI=1S/C13H24N6O2/c1-20-10-13-16-11(9-12(17-13)18-14)15-3-2-4-19-5-7-21-8-6-19/h9H,2-8,10,14H2,1H3,(H2,15,16,17,18). The maximum Gasteiger partial charge on any atom is 0.158 e. The lowest BCUT2D eigenvalue weighted by Gasteiger charge is -2.26. The van der Waals surface area contributed by atoms with Gasteiger partial charge in [-0.2, -0.15) is 0 Å². The summed E-state index contributed by atoms with van der Waals surface area (Å²) in [5.41, 5.74) is 2.54. The average Bonchev–Trinajstić information content (AvgIpc) is 2.53. The molecule has 0 radical (unpaired) electrons. The third-order valence-electron chi connectivity index (χ3n) is 3.25. The van der Waals surface area contributed by atoms with E-state index >= 15 is 0 Å². The van der Waals surface area contributed by atoms with Crippen LogP contribution in [0.1, 0.15) is 12.2 Å². The number of anilines is 2. The van der Waals surface area contributed by atoms with Gasteiger partial charge >= 0.3 is 0 Å². The summed E-state index contributed by atoms with van der Waals surface area (Å²) in [7, 11) is 1.61. The van der Waals surface area contributed by atoms with Gasteiger partial charge in [-0.05, 0) is 13.0 Å². The van der Waals surface area contributed by atoms with Crippen LogP contribution in [0.15, 0.2) is 6.07 Å². The molecule has 2 heterocycles. The summed E-state index contributed by atoms with van der Waals surface area (Å²) in [5, 5.41) is 3.30. The summed E-state index contributed by atoms with van der Waals surface area (Å²) in [6.45, 7) is 5.99. The smallest absolute Gasteiger partial charge is 0.158 e. The summed E-state index contributed by atoms with van der Waals surface area (Å²) < 4.78 is 10.4. The Kier molecular flexibility index (Phi) is 6.61. The van der Waals surface area contributed by atoms with Gasteiger partial charge in [0.1, 0.15) is 18.2 Å². The number of hydrogen-bond acceptors (Lipinski definition) is 8. The van der Waals surface area contributed by atoms with E-state index in [2.05, 4.69) is 25.6 Å². The molecule has 0 spiro atoms. The van der Waals surface area contributed by atoms with Crippen molar-refractivity contribution >= 4 is 11.6 Å². The normalized spacial score (nSPS) is 15.9. The van der Waals surface area contributed by atoms with Crippen molar-refractivity contribution in [2.75, 3.05) is 57.2 Å². The number of aromatic nitrogens is 2. The maximum atomic E-state index is 5.41. The summed E-state index contributed by atoms with van der Waals surface area (Å²) in [6.07, 6.45) is 1.05. The molecule has 2 rings (SSSR count). The van der Waals surface area contributed by atoms with E-state index in [9.17, 15) is 0 Å². The molecule has 1 fully saturated rings. The fourth-order valence-corrected chi connectivity index (χ4v) is 2.20. The van der Waals surface area contributed by atoms with Crippen LogP contribution in [0.25, 0.3) is 0 Å². The van der Waals surface area contributed by atoms with Crippen LogP contribution >= 0.6 is 0 Å². The maximum absolute atomic E-state index is 5.41. The number of rotatable bonds is 8. The van der Waals surface area contributed by atoms with Crippen LogP contribution in [-0.4, -0.2) is 61.4 Å².